The summed E-state index contributed by atoms with van der Waals surface area (Å²) >= 11 is 0. The van der Waals surface area contributed by atoms with Crippen LogP contribution in [0.3, 0.4) is 0 Å². The first-order chi connectivity index (χ1) is 16.6. The van der Waals surface area contributed by atoms with Crippen LogP contribution in [0.15, 0.2) is 36.5 Å². The fraction of sp³-hybridized carbons (Fsp3) is 0.417. The second-order valence-electron chi connectivity index (χ2n) is 8.56. The smallest absolute Gasteiger partial charge is 0.263 e. The Balaban J connectivity index is 1.14. The number of aromatic nitrogens is 3. The number of rotatable bonds is 7. The van der Waals surface area contributed by atoms with Crippen molar-refractivity contribution >= 4 is 22.8 Å². The van der Waals surface area contributed by atoms with Gasteiger partial charge in [0.05, 0.1) is 36.5 Å². The molecular weight excluding hydrogens is 436 g/mol. The van der Waals surface area contributed by atoms with Crippen LogP contribution >= 0.6 is 0 Å². The topological polar surface area (TPSA) is 134 Å². The Bertz CT molecular complexity index is 1180. The molecule has 0 aliphatic carbocycles. The zero-order valence-corrected chi connectivity index (χ0v) is 19.0. The Morgan fingerprint density at radius 2 is 2.15 bits per heavy atom. The minimum Gasteiger partial charge on any atom is -0.481 e. The third-order valence-corrected chi connectivity index (χ3v) is 6.19. The summed E-state index contributed by atoms with van der Waals surface area (Å²) in [5, 5.41) is 6.23. The normalized spacial score (nSPS) is 20.8. The van der Waals surface area contributed by atoms with Crippen LogP contribution in [0, 0.1) is 0 Å². The monoisotopic (exact) mass is 464 g/mol. The van der Waals surface area contributed by atoms with Crippen LogP contribution in [-0.4, -0.2) is 53.3 Å². The second kappa shape index (κ2) is 9.88. The lowest BCUT2D eigenvalue weighted by molar-refractivity contribution is -0.118. The predicted octanol–water partition coefficient (Wildman–Crippen LogP) is 2.09. The van der Waals surface area contributed by atoms with Gasteiger partial charge in [-0.2, -0.15) is 0 Å². The molecule has 0 bridgehead atoms. The number of ether oxygens (including phenoxy) is 3. The number of methoxy groups -OCH3 is 1. The van der Waals surface area contributed by atoms with Gasteiger partial charge in [0, 0.05) is 30.9 Å². The summed E-state index contributed by atoms with van der Waals surface area (Å²) in [7, 11) is 1.60. The first kappa shape index (κ1) is 22.5. The standard InChI is InChI=1S/C24H28N6O4/c1-32-22-7-5-19-23(30-22)17(8-9-26-19)18(25)10-16-4-2-15(12-33-16)27-11-14-3-6-20-24(28-14)29-21(31)13-34-20/h3,5-9,15-16,18,27H,2,4,10-13,25H2,1H3,(H,28,29,31)/t15-,16+,18+/m1/s1. The largest absolute Gasteiger partial charge is 0.481 e. The summed E-state index contributed by atoms with van der Waals surface area (Å²) in [4.78, 5) is 24.9. The maximum absolute atomic E-state index is 11.5. The fourth-order valence-electron chi connectivity index (χ4n) is 4.35. The van der Waals surface area contributed by atoms with Gasteiger partial charge in [0.25, 0.3) is 5.91 Å². The van der Waals surface area contributed by atoms with Gasteiger partial charge < -0.3 is 30.6 Å². The molecule has 2 aliphatic rings. The molecule has 0 radical (unpaired) electrons. The zero-order valence-electron chi connectivity index (χ0n) is 19.0. The quantitative estimate of drug-likeness (QED) is 0.480. The van der Waals surface area contributed by atoms with Gasteiger partial charge in [-0.25, -0.2) is 9.97 Å². The van der Waals surface area contributed by atoms with Gasteiger partial charge in [0.2, 0.25) is 5.88 Å². The number of carbonyl (C=O) groups is 1. The summed E-state index contributed by atoms with van der Waals surface area (Å²) in [5.41, 5.74) is 9.91. The Labute approximate surface area is 197 Å². The van der Waals surface area contributed by atoms with E-state index in [-0.39, 0.29) is 30.7 Å². The molecule has 5 heterocycles. The molecule has 1 fully saturated rings. The lowest BCUT2D eigenvalue weighted by Gasteiger charge is -2.31. The summed E-state index contributed by atoms with van der Waals surface area (Å²) in [6.07, 6.45) is 4.44. The molecule has 2 aliphatic heterocycles. The average Bonchev–Trinajstić information content (AvgIpc) is 2.87. The lowest BCUT2D eigenvalue weighted by Crippen LogP contribution is -2.40. The van der Waals surface area contributed by atoms with E-state index in [0.29, 0.717) is 37.0 Å². The number of nitrogens with one attached hydrogen (secondary N) is 2. The number of nitrogens with zero attached hydrogens (tertiary/aromatic N) is 3. The molecule has 10 heteroatoms. The summed E-state index contributed by atoms with van der Waals surface area (Å²) in [6, 6.07) is 9.36. The molecule has 1 amide bonds. The summed E-state index contributed by atoms with van der Waals surface area (Å²) < 4.78 is 16.8. The van der Waals surface area contributed by atoms with Crippen LogP contribution in [-0.2, 0) is 16.1 Å². The highest BCUT2D eigenvalue weighted by Crippen LogP contribution is 2.28. The Morgan fingerprint density at radius 3 is 2.97 bits per heavy atom. The number of nitrogens with two attached hydrogens (primary N) is 1. The van der Waals surface area contributed by atoms with Crippen molar-refractivity contribution in [3.8, 4) is 11.6 Å². The molecule has 3 atom stereocenters. The van der Waals surface area contributed by atoms with Gasteiger partial charge in [0.1, 0.15) is 0 Å². The molecule has 34 heavy (non-hydrogen) atoms. The number of amides is 1. The van der Waals surface area contributed by atoms with Gasteiger partial charge in [-0.3, -0.25) is 9.78 Å². The van der Waals surface area contributed by atoms with Crippen LogP contribution in [0.5, 0.6) is 11.6 Å². The molecule has 10 nitrogen and oxygen atoms in total. The minimum absolute atomic E-state index is 0.0264. The van der Waals surface area contributed by atoms with Crippen molar-refractivity contribution < 1.29 is 19.0 Å². The molecule has 1 saturated heterocycles. The van der Waals surface area contributed by atoms with Crippen molar-refractivity contribution in [2.24, 2.45) is 5.73 Å². The number of carbonyl (C=O) groups excluding carboxylic acids is 1. The van der Waals surface area contributed by atoms with E-state index in [9.17, 15) is 4.79 Å². The van der Waals surface area contributed by atoms with E-state index in [1.165, 1.54) is 0 Å². The van der Waals surface area contributed by atoms with Crippen molar-refractivity contribution in [3.63, 3.8) is 0 Å². The predicted molar refractivity (Wildman–Crippen MR) is 126 cm³/mol. The first-order valence-electron chi connectivity index (χ1n) is 11.4. The van der Waals surface area contributed by atoms with Crippen LogP contribution in [0.25, 0.3) is 11.0 Å². The van der Waals surface area contributed by atoms with Crippen LogP contribution < -0.4 is 25.8 Å². The van der Waals surface area contributed by atoms with Crippen molar-refractivity contribution in [3.05, 3.63) is 47.8 Å². The Kier molecular flexibility index (Phi) is 6.52. The SMILES string of the molecule is COc1ccc2nccc([C@@H](N)C[C@@H]3CC[C@@H](NCc4ccc5c(n4)NC(=O)CO5)CO3)c2n1. The lowest BCUT2D eigenvalue weighted by atomic mass is 9.95. The molecule has 5 rings (SSSR count). The molecular formula is C24H28N6O4. The van der Waals surface area contributed by atoms with Gasteiger partial charge in [-0.05, 0) is 49.1 Å². The number of anilines is 1. The fourth-order valence-corrected chi connectivity index (χ4v) is 4.35. The van der Waals surface area contributed by atoms with E-state index < -0.39 is 0 Å². The second-order valence-corrected chi connectivity index (χ2v) is 8.56. The Morgan fingerprint density at radius 1 is 1.24 bits per heavy atom. The third-order valence-electron chi connectivity index (χ3n) is 6.19. The summed E-state index contributed by atoms with van der Waals surface area (Å²) in [5.74, 6) is 1.42. The van der Waals surface area contributed by atoms with Crippen LogP contribution in [0.4, 0.5) is 5.82 Å². The molecule has 0 spiro atoms. The molecule has 0 aromatic carbocycles. The molecule has 4 N–H and O–H groups in total. The van der Waals surface area contributed by atoms with Gasteiger partial charge in [0.15, 0.2) is 18.2 Å². The first-order valence-corrected chi connectivity index (χ1v) is 11.4. The van der Waals surface area contributed by atoms with Gasteiger partial charge in [-0.1, -0.05) is 0 Å². The molecule has 3 aromatic rings. The van der Waals surface area contributed by atoms with Gasteiger partial charge >= 0.3 is 0 Å². The number of fused-ring (bicyclic) bond motifs is 2. The maximum Gasteiger partial charge on any atom is 0.263 e. The maximum atomic E-state index is 11.5. The highest BCUT2D eigenvalue weighted by Gasteiger charge is 2.25. The highest BCUT2D eigenvalue weighted by atomic mass is 16.5. The van der Waals surface area contributed by atoms with E-state index in [1.54, 1.807) is 19.4 Å². The van der Waals surface area contributed by atoms with Crippen molar-refractivity contribution in [2.75, 3.05) is 25.6 Å². The number of hydrogen-bond acceptors (Lipinski definition) is 9. The van der Waals surface area contributed by atoms with Crippen molar-refractivity contribution in [2.45, 2.75) is 44.0 Å². The molecule has 0 saturated carbocycles. The Hall–Kier alpha value is -3.34. The van der Waals surface area contributed by atoms with E-state index in [1.807, 2.05) is 24.3 Å². The van der Waals surface area contributed by atoms with Crippen molar-refractivity contribution in [1.29, 1.82) is 0 Å². The van der Waals surface area contributed by atoms with Crippen LogP contribution in [0.2, 0.25) is 0 Å². The zero-order chi connectivity index (χ0) is 23.5. The van der Waals surface area contributed by atoms with E-state index in [2.05, 4.69) is 25.6 Å². The van der Waals surface area contributed by atoms with E-state index in [0.717, 1.165) is 35.1 Å². The number of pyridine rings is 3. The third kappa shape index (κ3) is 4.93. The molecule has 3 aromatic heterocycles. The van der Waals surface area contributed by atoms with Crippen LogP contribution in [0.1, 0.15) is 36.6 Å². The minimum atomic E-state index is -0.211. The molecule has 178 valence electrons. The summed E-state index contributed by atoms with van der Waals surface area (Å²) in [6.45, 7) is 1.21. The average molecular weight is 465 g/mol. The van der Waals surface area contributed by atoms with Gasteiger partial charge in [-0.15, -0.1) is 0 Å². The van der Waals surface area contributed by atoms with Crippen molar-refractivity contribution in [1.82, 2.24) is 20.3 Å². The van der Waals surface area contributed by atoms with E-state index in [4.69, 9.17) is 19.9 Å². The molecule has 0 unspecified atom stereocenters. The number of hydrogen-bond donors (Lipinski definition) is 3. The highest BCUT2D eigenvalue weighted by molar-refractivity contribution is 5.94. The van der Waals surface area contributed by atoms with E-state index >= 15 is 0 Å².